The smallest absolute Gasteiger partial charge is 0.137 e. The minimum atomic E-state index is -0.745. The Morgan fingerprint density at radius 3 is 2.71 bits per heavy atom. The molecule has 0 aliphatic carbocycles. The Hall–Kier alpha value is -2.40. The fourth-order valence-electron chi connectivity index (χ4n) is 2.00. The first-order valence-electron chi connectivity index (χ1n) is 7.49. The van der Waals surface area contributed by atoms with Crippen molar-refractivity contribution in [3.63, 3.8) is 0 Å². The fourth-order valence-corrected chi connectivity index (χ4v) is 2.00. The van der Waals surface area contributed by atoms with Crippen LogP contribution in [0.15, 0.2) is 30.3 Å². The minimum Gasteiger partial charge on any atom is -0.491 e. The highest BCUT2D eigenvalue weighted by Gasteiger charge is 2.15. The van der Waals surface area contributed by atoms with Gasteiger partial charge in [0.15, 0.2) is 0 Å². The summed E-state index contributed by atoms with van der Waals surface area (Å²) in [6.07, 6.45) is -0.745. The van der Waals surface area contributed by atoms with Crippen LogP contribution in [0.5, 0.6) is 5.75 Å². The van der Waals surface area contributed by atoms with Gasteiger partial charge in [-0.05, 0) is 18.1 Å². The highest BCUT2D eigenvalue weighted by atomic mass is 16.5. The molecule has 0 aliphatic heterocycles. The van der Waals surface area contributed by atoms with Crippen LogP contribution >= 0.6 is 0 Å². The maximum Gasteiger partial charge on any atom is 0.137 e. The van der Waals surface area contributed by atoms with Crippen LogP contribution < -0.4 is 4.74 Å². The second-order valence-electron chi connectivity index (χ2n) is 5.01. The highest BCUT2D eigenvalue weighted by molar-refractivity contribution is 5.31. The third kappa shape index (κ3) is 5.35. The lowest BCUT2D eigenvalue weighted by atomic mass is 10.3. The van der Waals surface area contributed by atoms with Crippen molar-refractivity contribution in [3.8, 4) is 17.6 Å². The van der Waals surface area contributed by atoms with Crippen molar-refractivity contribution in [2.45, 2.75) is 19.3 Å². The van der Waals surface area contributed by atoms with E-state index in [0.29, 0.717) is 30.4 Å². The molecular weight excluding hydrogens is 310 g/mol. The normalized spacial score (nSPS) is 11.6. The maximum atomic E-state index is 10.2. The van der Waals surface area contributed by atoms with Crippen molar-refractivity contribution in [3.05, 3.63) is 41.7 Å². The van der Waals surface area contributed by atoms with Crippen molar-refractivity contribution in [1.82, 2.24) is 15.0 Å². The van der Waals surface area contributed by atoms with E-state index in [2.05, 4.69) is 22.2 Å². The molecule has 0 saturated carbocycles. The third-order valence-corrected chi connectivity index (χ3v) is 3.08. The molecule has 2 rings (SSSR count). The molecule has 1 heterocycles. The highest BCUT2D eigenvalue weighted by Crippen LogP contribution is 2.10. The maximum absolute atomic E-state index is 10.2. The van der Waals surface area contributed by atoms with E-state index >= 15 is 0 Å². The lowest BCUT2D eigenvalue weighted by Crippen LogP contribution is -2.25. The summed E-state index contributed by atoms with van der Waals surface area (Å²) in [4.78, 5) is 0. The summed E-state index contributed by atoms with van der Waals surface area (Å²) in [5.74, 6) is 6.53. The van der Waals surface area contributed by atoms with E-state index in [-0.39, 0.29) is 13.2 Å². The lowest BCUT2D eigenvalue weighted by Gasteiger charge is -2.12. The van der Waals surface area contributed by atoms with Crippen molar-refractivity contribution >= 4 is 0 Å². The summed E-state index contributed by atoms with van der Waals surface area (Å²) in [6, 6.07) is 9.32. The molecule has 0 spiro atoms. The number of aliphatic hydroxyl groups is 1. The van der Waals surface area contributed by atoms with Gasteiger partial charge in [0.1, 0.15) is 36.5 Å². The third-order valence-electron chi connectivity index (χ3n) is 3.08. The molecule has 7 nitrogen and oxygen atoms in total. The molecule has 2 aromatic rings. The molecule has 7 heteroatoms. The Morgan fingerprint density at radius 1 is 1.21 bits per heavy atom. The average molecular weight is 331 g/mol. The predicted molar refractivity (Wildman–Crippen MR) is 87.4 cm³/mol. The van der Waals surface area contributed by atoms with Crippen molar-refractivity contribution in [1.29, 1.82) is 0 Å². The van der Waals surface area contributed by atoms with Gasteiger partial charge < -0.3 is 19.3 Å². The first-order chi connectivity index (χ1) is 11.7. The molecule has 1 unspecified atom stereocenters. The summed E-state index contributed by atoms with van der Waals surface area (Å²) < 4.78 is 17.1. The van der Waals surface area contributed by atoms with Gasteiger partial charge in [-0.3, -0.25) is 0 Å². The van der Waals surface area contributed by atoms with E-state index in [1.165, 1.54) is 0 Å². The summed E-state index contributed by atoms with van der Waals surface area (Å²) in [7, 11) is 3.15. The van der Waals surface area contributed by atoms with E-state index in [1.54, 1.807) is 18.9 Å². The van der Waals surface area contributed by atoms with Crippen LogP contribution in [-0.2, 0) is 22.6 Å². The lowest BCUT2D eigenvalue weighted by molar-refractivity contribution is 0.0885. The zero-order chi connectivity index (χ0) is 17.2. The monoisotopic (exact) mass is 331 g/mol. The van der Waals surface area contributed by atoms with Gasteiger partial charge in [0, 0.05) is 14.2 Å². The van der Waals surface area contributed by atoms with Gasteiger partial charge in [-0.2, -0.15) is 0 Å². The standard InChI is InChI=1S/C17H21N3O4/c1-22-10-6-9-17-16(13-23-2)18-19-20(17)11-14(21)12-24-15-7-4-3-5-8-15/h3-5,7-8,14,21H,10-13H2,1-2H3. The molecule has 1 atom stereocenters. The Morgan fingerprint density at radius 2 is 2.00 bits per heavy atom. The number of aliphatic hydroxyl groups excluding tert-OH is 1. The summed E-state index contributed by atoms with van der Waals surface area (Å²) >= 11 is 0. The Labute approximate surface area is 141 Å². The van der Waals surface area contributed by atoms with E-state index in [4.69, 9.17) is 14.2 Å². The number of hydrogen-bond donors (Lipinski definition) is 1. The molecule has 1 aromatic carbocycles. The summed E-state index contributed by atoms with van der Waals surface area (Å²) in [5.41, 5.74) is 1.23. The molecule has 1 N–H and O–H groups in total. The number of benzene rings is 1. The van der Waals surface area contributed by atoms with Gasteiger partial charge in [0.2, 0.25) is 0 Å². The average Bonchev–Trinajstić information content (AvgIpc) is 2.96. The second kappa shape index (κ2) is 9.67. The largest absolute Gasteiger partial charge is 0.491 e. The molecule has 0 amide bonds. The summed E-state index contributed by atoms with van der Waals surface area (Å²) in [5, 5.41) is 18.3. The molecular formula is C17H21N3O4. The van der Waals surface area contributed by atoms with Crippen molar-refractivity contribution in [2.75, 3.05) is 27.4 Å². The quantitative estimate of drug-likeness (QED) is 0.723. The molecule has 0 radical (unpaired) electrons. The fraction of sp³-hybridized carbons (Fsp3) is 0.412. The van der Waals surface area contributed by atoms with E-state index in [1.807, 2.05) is 30.3 Å². The Balaban J connectivity index is 2.01. The van der Waals surface area contributed by atoms with Crippen LogP contribution in [0.1, 0.15) is 11.4 Å². The number of rotatable bonds is 8. The first kappa shape index (κ1) is 17.9. The Kier molecular flexibility index (Phi) is 7.23. The number of hydrogen-bond acceptors (Lipinski definition) is 6. The minimum absolute atomic E-state index is 0.147. The van der Waals surface area contributed by atoms with Gasteiger partial charge in [0.25, 0.3) is 0 Å². The molecule has 1 aromatic heterocycles. The number of para-hydroxylation sites is 1. The van der Waals surface area contributed by atoms with Gasteiger partial charge in [-0.25, -0.2) is 4.68 Å². The van der Waals surface area contributed by atoms with Crippen LogP contribution in [0.25, 0.3) is 0 Å². The Bertz CT molecular complexity index is 676. The molecule has 0 saturated heterocycles. The second-order valence-corrected chi connectivity index (χ2v) is 5.01. The molecule has 128 valence electrons. The number of nitrogens with zero attached hydrogens (tertiary/aromatic N) is 3. The molecule has 0 fully saturated rings. The first-order valence-corrected chi connectivity index (χ1v) is 7.49. The number of aromatic nitrogens is 3. The molecule has 0 aliphatic rings. The van der Waals surface area contributed by atoms with E-state index < -0.39 is 6.10 Å². The van der Waals surface area contributed by atoms with Gasteiger partial charge in [-0.15, -0.1) is 5.10 Å². The zero-order valence-corrected chi connectivity index (χ0v) is 13.8. The molecule has 24 heavy (non-hydrogen) atoms. The topological polar surface area (TPSA) is 78.6 Å². The van der Waals surface area contributed by atoms with E-state index in [0.717, 1.165) is 0 Å². The SMILES string of the molecule is COCC#Cc1c(COC)nnn1CC(O)COc1ccccc1. The van der Waals surface area contributed by atoms with Gasteiger partial charge >= 0.3 is 0 Å². The zero-order valence-electron chi connectivity index (χ0n) is 13.8. The predicted octanol–water partition coefficient (Wildman–Crippen LogP) is 0.862. The van der Waals surface area contributed by atoms with Crippen molar-refractivity contribution < 1.29 is 19.3 Å². The van der Waals surface area contributed by atoms with Crippen LogP contribution in [0.2, 0.25) is 0 Å². The van der Waals surface area contributed by atoms with Gasteiger partial charge in [-0.1, -0.05) is 29.3 Å². The molecule has 0 bridgehead atoms. The van der Waals surface area contributed by atoms with Crippen LogP contribution in [0.4, 0.5) is 0 Å². The summed E-state index contributed by atoms with van der Waals surface area (Å²) in [6.45, 7) is 0.972. The number of ether oxygens (including phenoxy) is 3. The van der Waals surface area contributed by atoms with Crippen LogP contribution in [-0.4, -0.2) is 53.6 Å². The van der Waals surface area contributed by atoms with Crippen LogP contribution in [0.3, 0.4) is 0 Å². The van der Waals surface area contributed by atoms with Crippen molar-refractivity contribution in [2.24, 2.45) is 0 Å². The van der Waals surface area contributed by atoms with Gasteiger partial charge in [0.05, 0.1) is 13.2 Å². The van der Waals surface area contributed by atoms with Crippen LogP contribution in [0, 0.1) is 11.8 Å². The number of methoxy groups -OCH3 is 2. The van der Waals surface area contributed by atoms with E-state index in [9.17, 15) is 5.11 Å².